The van der Waals surface area contributed by atoms with Crippen LogP contribution in [0.2, 0.25) is 0 Å². The fraction of sp³-hybridized carbons (Fsp3) is 0.481. The smallest absolute Gasteiger partial charge is 0.264 e. The summed E-state index contributed by atoms with van der Waals surface area (Å²) in [6.45, 7) is 14.8. The summed E-state index contributed by atoms with van der Waals surface area (Å²) in [5.74, 6) is 0.862. The minimum Gasteiger partial charge on any atom is -0.307 e. The normalized spacial score (nSPS) is 16.5. The van der Waals surface area contributed by atoms with E-state index in [9.17, 15) is 4.79 Å². The van der Waals surface area contributed by atoms with E-state index in [1.165, 1.54) is 5.57 Å². The van der Waals surface area contributed by atoms with Crippen molar-refractivity contribution in [3.63, 3.8) is 0 Å². The Bertz CT molecular complexity index is 1380. The van der Waals surface area contributed by atoms with Crippen LogP contribution in [0.1, 0.15) is 71.0 Å². The lowest BCUT2D eigenvalue weighted by molar-refractivity contribution is 0.340. The highest BCUT2D eigenvalue weighted by atomic mass is 16.1. The quantitative estimate of drug-likeness (QED) is 0.300. The summed E-state index contributed by atoms with van der Waals surface area (Å²) < 4.78 is 3.79. The molecule has 1 saturated carbocycles. The summed E-state index contributed by atoms with van der Waals surface area (Å²) in [7, 11) is 1.95. The average Bonchev–Trinajstić information content (AvgIpc) is 3.71. The number of H-pyrrole nitrogens is 1. The largest absolute Gasteiger partial charge is 0.307 e. The monoisotopic (exact) mass is 458 g/mol. The molecule has 3 heterocycles. The minimum atomic E-state index is -0.0681. The predicted octanol–water partition coefficient (Wildman–Crippen LogP) is 5.97. The number of aromatic amines is 1. The molecular weight excluding hydrogens is 424 g/mol. The number of nitrogens with zero attached hydrogens (tertiary/aromatic N) is 5. The van der Waals surface area contributed by atoms with Gasteiger partial charge in [-0.2, -0.15) is 10.2 Å². The van der Waals surface area contributed by atoms with Gasteiger partial charge in [0.1, 0.15) is 5.39 Å². The van der Waals surface area contributed by atoms with Crippen molar-refractivity contribution in [3.05, 3.63) is 46.5 Å². The maximum Gasteiger partial charge on any atom is 0.264 e. The number of aromatic nitrogens is 5. The summed E-state index contributed by atoms with van der Waals surface area (Å²) >= 11 is 0. The van der Waals surface area contributed by atoms with Crippen LogP contribution in [0.25, 0.3) is 27.7 Å². The molecule has 5 rings (SSSR count). The van der Waals surface area contributed by atoms with Crippen LogP contribution >= 0.6 is 0 Å². The Morgan fingerprint density at radius 3 is 2.74 bits per heavy atom. The second-order valence-electron chi connectivity index (χ2n) is 10.7. The van der Waals surface area contributed by atoms with Gasteiger partial charge in [0.25, 0.3) is 5.56 Å². The first-order valence-corrected chi connectivity index (χ1v) is 12.3. The second kappa shape index (κ2) is 8.22. The molecule has 1 atom stereocenters. The summed E-state index contributed by atoms with van der Waals surface area (Å²) in [6, 6.07) is 2.19. The van der Waals surface area contributed by atoms with E-state index in [1.54, 1.807) is 0 Å². The van der Waals surface area contributed by atoms with E-state index in [2.05, 4.69) is 61.4 Å². The number of pyridine rings is 1. The number of nitrogens with one attached hydrogen (secondary N) is 1. The van der Waals surface area contributed by atoms with Crippen molar-refractivity contribution >= 4 is 29.0 Å². The van der Waals surface area contributed by atoms with Gasteiger partial charge in [-0.3, -0.25) is 14.6 Å². The van der Waals surface area contributed by atoms with E-state index in [0.717, 1.165) is 61.0 Å². The van der Waals surface area contributed by atoms with E-state index in [-0.39, 0.29) is 17.0 Å². The fourth-order valence-electron chi connectivity index (χ4n) is 5.42. The van der Waals surface area contributed by atoms with Gasteiger partial charge in [0, 0.05) is 18.8 Å². The third-order valence-electron chi connectivity index (χ3n) is 7.21. The number of fused-ring (bicyclic) bond motifs is 1. The Kier molecular flexibility index (Phi) is 5.46. The topological polar surface area (TPSA) is 80.9 Å². The maximum absolute atomic E-state index is 13.6. The Hall–Kier alpha value is -3.22. The molecule has 0 spiro atoms. The predicted molar refractivity (Wildman–Crippen MR) is 139 cm³/mol. The van der Waals surface area contributed by atoms with E-state index in [0.29, 0.717) is 22.6 Å². The molecule has 3 aromatic rings. The molecule has 178 valence electrons. The molecule has 2 aliphatic rings. The molecule has 1 N–H and O–H groups in total. The van der Waals surface area contributed by atoms with Crippen molar-refractivity contribution < 1.29 is 0 Å². The molecule has 2 aliphatic carbocycles. The lowest BCUT2D eigenvalue weighted by atomic mass is 9.81. The highest BCUT2D eigenvalue weighted by Crippen LogP contribution is 2.48. The number of aryl methyl sites for hydroxylation is 1. The van der Waals surface area contributed by atoms with Gasteiger partial charge in [0.15, 0.2) is 5.82 Å². The first-order chi connectivity index (χ1) is 16.2. The van der Waals surface area contributed by atoms with Crippen molar-refractivity contribution in [1.29, 1.82) is 0 Å². The van der Waals surface area contributed by atoms with Gasteiger partial charge in [-0.1, -0.05) is 39.8 Å². The van der Waals surface area contributed by atoms with Crippen LogP contribution in [0.4, 0.5) is 5.82 Å². The summed E-state index contributed by atoms with van der Waals surface area (Å²) in [4.78, 5) is 17.6. The molecule has 1 unspecified atom stereocenters. The molecule has 0 saturated heterocycles. The van der Waals surface area contributed by atoms with Gasteiger partial charge >= 0.3 is 0 Å². The first kappa shape index (κ1) is 22.6. The highest BCUT2D eigenvalue weighted by Gasteiger charge is 2.38. The lowest BCUT2D eigenvalue weighted by Gasteiger charge is -2.25. The third kappa shape index (κ3) is 3.97. The van der Waals surface area contributed by atoms with Crippen LogP contribution in [-0.2, 0) is 7.05 Å². The standard InChI is InChI=1S/C27H34N6O/c1-7-12-27(3,4)14-16(2)21-13-20(31-32(21)6)19-15-33(24(17-8-9-17)18-10-11-18)26(34)22-23(19)29-30-25(22)28-5/h8,13,15,18,24H,2,5,7,9-12,14H2,1,3-4,6H3,(H,29,30). The van der Waals surface area contributed by atoms with Gasteiger partial charge in [-0.15, -0.1) is 0 Å². The molecule has 7 heteroatoms. The zero-order valence-electron chi connectivity index (χ0n) is 20.7. The van der Waals surface area contributed by atoms with E-state index in [1.807, 2.05) is 22.5 Å². The minimum absolute atomic E-state index is 0.0681. The zero-order valence-corrected chi connectivity index (χ0v) is 20.7. The van der Waals surface area contributed by atoms with Crippen LogP contribution in [0, 0.1) is 11.3 Å². The Labute approximate surface area is 200 Å². The SMILES string of the molecule is C=Nc1n[nH]c2c(-c3cc(C(=C)CC(C)(C)CCC)n(C)n3)cn(C(C3=CC3)C3CC3)c(=O)c12. The van der Waals surface area contributed by atoms with Crippen molar-refractivity contribution in [1.82, 2.24) is 24.5 Å². The molecule has 0 amide bonds. The van der Waals surface area contributed by atoms with Crippen molar-refractivity contribution in [2.45, 2.75) is 65.3 Å². The number of aliphatic imine (C=N–C) groups is 1. The third-order valence-corrected chi connectivity index (χ3v) is 7.21. The number of rotatable bonds is 10. The number of allylic oxidation sites excluding steroid dienone is 3. The van der Waals surface area contributed by atoms with Crippen molar-refractivity contribution in [2.75, 3.05) is 0 Å². The Balaban J connectivity index is 1.63. The van der Waals surface area contributed by atoms with Crippen LogP contribution in [0.3, 0.4) is 0 Å². The molecule has 0 bridgehead atoms. The van der Waals surface area contributed by atoms with Gasteiger partial charge in [0.05, 0.1) is 22.9 Å². The number of hydrogen-bond donors (Lipinski definition) is 1. The Morgan fingerprint density at radius 1 is 1.38 bits per heavy atom. The van der Waals surface area contributed by atoms with Crippen molar-refractivity contribution in [2.24, 2.45) is 23.4 Å². The van der Waals surface area contributed by atoms with Crippen LogP contribution in [-0.4, -0.2) is 31.3 Å². The average molecular weight is 459 g/mol. The summed E-state index contributed by atoms with van der Waals surface area (Å²) in [6.07, 6.45) is 10.7. The van der Waals surface area contributed by atoms with Crippen molar-refractivity contribution in [3.8, 4) is 11.3 Å². The molecule has 3 aromatic heterocycles. The zero-order chi connectivity index (χ0) is 24.2. The molecule has 0 aliphatic heterocycles. The first-order valence-electron chi connectivity index (χ1n) is 12.3. The van der Waals surface area contributed by atoms with Gasteiger partial charge in [-0.05, 0) is 67.4 Å². The van der Waals surface area contributed by atoms with E-state index >= 15 is 0 Å². The molecule has 1 fully saturated rings. The lowest BCUT2D eigenvalue weighted by Crippen LogP contribution is -2.25. The molecule has 34 heavy (non-hydrogen) atoms. The Morgan fingerprint density at radius 2 is 2.12 bits per heavy atom. The van der Waals surface area contributed by atoms with Gasteiger partial charge in [-0.25, -0.2) is 4.99 Å². The fourth-order valence-corrected chi connectivity index (χ4v) is 5.42. The van der Waals surface area contributed by atoms with Crippen LogP contribution in [0.15, 0.2) is 40.3 Å². The van der Waals surface area contributed by atoms with Gasteiger partial charge in [0.2, 0.25) is 0 Å². The molecule has 7 nitrogen and oxygen atoms in total. The maximum atomic E-state index is 13.6. The van der Waals surface area contributed by atoms with Crippen LogP contribution < -0.4 is 5.56 Å². The van der Waals surface area contributed by atoms with Crippen LogP contribution in [0.5, 0.6) is 0 Å². The number of hydrogen-bond acceptors (Lipinski definition) is 4. The highest BCUT2D eigenvalue weighted by molar-refractivity contribution is 5.98. The van der Waals surface area contributed by atoms with E-state index < -0.39 is 0 Å². The molecular formula is C27H34N6O. The molecule has 0 aromatic carbocycles. The van der Waals surface area contributed by atoms with E-state index in [4.69, 9.17) is 5.10 Å². The summed E-state index contributed by atoms with van der Waals surface area (Å²) in [5.41, 5.74) is 5.85. The molecule has 0 radical (unpaired) electrons. The summed E-state index contributed by atoms with van der Waals surface area (Å²) in [5, 5.41) is 12.6. The van der Waals surface area contributed by atoms with Gasteiger partial charge < -0.3 is 4.57 Å². The second-order valence-corrected chi connectivity index (χ2v) is 10.7.